The third kappa shape index (κ3) is 5.36. The van der Waals surface area contributed by atoms with Gasteiger partial charge in [0.15, 0.2) is 0 Å². The molecular formula is C21H20ClN3O4. The minimum atomic E-state index is -0.575. The summed E-state index contributed by atoms with van der Waals surface area (Å²) >= 11 is 5.97. The number of aromatic nitrogens is 1. The number of benzene rings is 2. The second-order valence-corrected chi connectivity index (χ2v) is 6.73. The Balaban J connectivity index is 1.52. The van der Waals surface area contributed by atoms with Crippen LogP contribution in [0.3, 0.4) is 0 Å². The van der Waals surface area contributed by atoms with E-state index in [1.54, 1.807) is 12.3 Å². The molecule has 0 aliphatic carbocycles. The molecule has 0 unspecified atom stereocenters. The molecule has 8 heteroatoms. The van der Waals surface area contributed by atoms with Crippen molar-refractivity contribution >= 4 is 29.3 Å². The van der Waals surface area contributed by atoms with E-state index in [-0.39, 0.29) is 10.6 Å². The number of hydrogen-bond acceptors (Lipinski definition) is 5. The molecule has 2 N–H and O–H groups in total. The second kappa shape index (κ2) is 9.25. The average Bonchev–Trinajstić information content (AvgIpc) is 3.18. The van der Waals surface area contributed by atoms with Gasteiger partial charge in [-0.2, -0.15) is 0 Å². The molecule has 0 aliphatic rings. The number of oxazole rings is 1. The van der Waals surface area contributed by atoms with Crippen LogP contribution in [0, 0.1) is 6.92 Å². The van der Waals surface area contributed by atoms with Crippen molar-refractivity contribution in [1.82, 2.24) is 10.3 Å². The van der Waals surface area contributed by atoms with Crippen LogP contribution in [0.15, 0.2) is 53.1 Å². The number of methoxy groups -OCH3 is 1. The van der Waals surface area contributed by atoms with Crippen LogP contribution >= 0.6 is 11.6 Å². The van der Waals surface area contributed by atoms with Crippen LogP contribution in [0.4, 0.5) is 10.5 Å². The maximum Gasteiger partial charge on any atom is 0.339 e. The van der Waals surface area contributed by atoms with Crippen LogP contribution in [-0.2, 0) is 11.2 Å². The Morgan fingerprint density at radius 1 is 1.17 bits per heavy atom. The topological polar surface area (TPSA) is 93.5 Å². The van der Waals surface area contributed by atoms with E-state index in [0.29, 0.717) is 24.5 Å². The summed E-state index contributed by atoms with van der Waals surface area (Å²) in [4.78, 5) is 28.2. The van der Waals surface area contributed by atoms with Gasteiger partial charge in [-0.3, -0.25) is 0 Å². The van der Waals surface area contributed by atoms with Crippen LogP contribution in [0.1, 0.15) is 21.6 Å². The van der Waals surface area contributed by atoms with Gasteiger partial charge in [-0.25, -0.2) is 14.6 Å². The standard InChI is InChI=1S/C21H20ClN3O4/c1-13-3-5-14(6-4-13)19-24-16(12-29-19)9-10-23-21(27)25-15-7-8-18(22)17(11-15)20(26)28-2/h3-8,11-12H,9-10H2,1-2H3,(H2,23,25,27). The van der Waals surface area contributed by atoms with Gasteiger partial charge in [-0.05, 0) is 37.3 Å². The molecule has 150 valence electrons. The maximum absolute atomic E-state index is 12.1. The molecule has 0 bridgehead atoms. The van der Waals surface area contributed by atoms with E-state index < -0.39 is 12.0 Å². The van der Waals surface area contributed by atoms with Crippen LogP contribution in [-0.4, -0.2) is 30.6 Å². The van der Waals surface area contributed by atoms with E-state index in [1.165, 1.54) is 19.2 Å². The quantitative estimate of drug-likeness (QED) is 0.582. The summed E-state index contributed by atoms with van der Waals surface area (Å²) in [5, 5.41) is 5.63. The van der Waals surface area contributed by atoms with Crippen molar-refractivity contribution in [2.24, 2.45) is 0 Å². The number of carbonyl (C=O) groups excluding carboxylic acids is 2. The van der Waals surface area contributed by atoms with Gasteiger partial charge in [0, 0.05) is 24.2 Å². The van der Waals surface area contributed by atoms with E-state index in [4.69, 9.17) is 16.0 Å². The number of amides is 2. The van der Waals surface area contributed by atoms with Gasteiger partial charge in [0.2, 0.25) is 5.89 Å². The maximum atomic E-state index is 12.1. The summed E-state index contributed by atoms with van der Waals surface area (Å²) in [6, 6.07) is 12.0. The summed E-state index contributed by atoms with van der Waals surface area (Å²) in [6.07, 6.45) is 2.09. The van der Waals surface area contributed by atoms with Crippen LogP contribution in [0.2, 0.25) is 5.02 Å². The number of nitrogens with zero attached hydrogens (tertiary/aromatic N) is 1. The molecule has 0 spiro atoms. The van der Waals surface area contributed by atoms with E-state index >= 15 is 0 Å². The van der Waals surface area contributed by atoms with Gasteiger partial charge in [0.1, 0.15) is 6.26 Å². The van der Waals surface area contributed by atoms with Crippen LogP contribution in [0.5, 0.6) is 0 Å². The Morgan fingerprint density at radius 2 is 1.93 bits per heavy atom. The molecule has 29 heavy (non-hydrogen) atoms. The van der Waals surface area contributed by atoms with Gasteiger partial charge < -0.3 is 19.8 Å². The number of halogens is 1. The number of anilines is 1. The van der Waals surface area contributed by atoms with Crippen molar-refractivity contribution in [3.8, 4) is 11.5 Å². The molecule has 3 rings (SSSR count). The molecule has 0 aliphatic heterocycles. The lowest BCUT2D eigenvalue weighted by molar-refractivity contribution is 0.0601. The second-order valence-electron chi connectivity index (χ2n) is 6.33. The number of ether oxygens (including phenoxy) is 1. The van der Waals surface area contributed by atoms with Gasteiger partial charge in [0.05, 0.1) is 23.4 Å². The number of rotatable bonds is 6. The smallest absolute Gasteiger partial charge is 0.339 e. The van der Waals surface area contributed by atoms with Crippen LogP contribution in [0.25, 0.3) is 11.5 Å². The zero-order valence-electron chi connectivity index (χ0n) is 16.0. The first-order valence-electron chi connectivity index (χ1n) is 8.90. The number of carbonyl (C=O) groups is 2. The fraction of sp³-hybridized carbons (Fsp3) is 0.190. The predicted molar refractivity (Wildman–Crippen MR) is 110 cm³/mol. The third-order valence-electron chi connectivity index (χ3n) is 4.15. The molecule has 2 aromatic carbocycles. The van der Waals surface area contributed by atoms with Gasteiger partial charge in [-0.15, -0.1) is 0 Å². The Labute approximate surface area is 173 Å². The molecule has 2 amide bonds. The van der Waals surface area contributed by atoms with Crippen molar-refractivity contribution in [2.45, 2.75) is 13.3 Å². The monoisotopic (exact) mass is 413 g/mol. The van der Waals surface area contributed by atoms with Gasteiger partial charge >= 0.3 is 12.0 Å². The minimum absolute atomic E-state index is 0.179. The normalized spacial score (nSPS) is 10.4. The fourth-order valence-electron chi connectivity index (χ4n) is 2.60. The lowest BCUT2D eigenvalue weighted by Crippen LogP contribution is -2.30. The molecule has 3 aromatic rings. The summed E-state index contributed by atoms with van der Waals surface area (Å²) in [5.41, 5.74) is 3.40. The largest absolute Gasteiger partial charge is 0.465 e. The summed E-state index contributed by atoms with van der Waals surface area (Å²) in [6.45, 7) is 2.38. The third-order valence-corrected chi connectivity index (χ3v) is 4.48. The molecule has 0 saturated heterocycles. The number of aryl methyl sites for hydroxylation is 1. The zero-order valence-corrected chi connectivity index (χ0v) is 16.7. The molecule has 0 saturated carbocycles. The molecule has 0 fully saturated rings. The van der Waals surface area contributed by atoms with Crippen molar-refractivity contribution in [3.05, 3.63) is 70.6 Å². The highest BCUT2D eigenvalue weighted by atomic mass is 35.5. The highest BCUT2D eigenvalue weighted by molar-refractivity contribution is 6.33. The Kier molecular flexibility index (Phi) is 6.51. The highest BCUT2D eigenvalue weighted by Gasteiger charge is 2.13. The Morgan fingerprint density at radius 3 is 2.66 bits per heavy atom. The molecular weight excluding hydrogens is 394 g/mol. The molecule has 0 atom stereocenters. The predicted octanol–water partition coefficient (Wildman–Crippen LogP) is 4.45. The molecule has 1 aromatic heterocycles. The first-order chi connectivity index (χ1) is 14.0. The lowest BCUT2D eigenvalue weighted by atomic mass is 10.1. The van der Waals surface area contributed by atoms with Crippen molar-refractivity contribution in [1.29, 1.82) is 0 Å². The van der Waals surface area contributed by atoms with Gasteiger partial charge in [0.25, 0.3) is 0 Å². The Hall–Kier alpha value is -3.32. The summed E-state index contributed by atoms with van der Waals surface area (Å²) in [5.74, 6) is -0.0320. The zero-order chi connectivity index (χ0) is 20.8. The van der Waals surface area contributed by atoms with E-state index in [0.717, 1.165) is 16.8 Å². The minimum Gasteiger partial charge on any atom is -0.465 e. The number of nitrogens with one attached hydrogen (secondary N) is 2. The molecule has 0 radical (unpaired) electrons. The lowest BCUT2D eigenvalue weighted by Gasteiger charge is -2.09. The first kappa shape index (κ1) is 20.4. The number of esters is 1. The summed E-state index contributed by atoms with van der Waals surface area (Å²) in [7, 11) is 1.26. The van der Waals surface area contributed by atoms with E-state index in [9.17, 15) is 9.59 Å². The van der Waals surface area contributed by atoms with Crippen molar-refractivity contribution in [2.75, 3.05) is 19.0 Å². The number of hydrogen-bond donors (Lipinski definition) is 2. The van der Waals surface area contributed by atoms with E-state index in [2.05, 4.69) is 20.4 Å². The number of urea groups is 1. The first-order valence-corrected chi connectivity index (χ1v) is 9.28. The SMILES string of the molecule is COC(=O)c1cc(NC(=O)NCCc2coc(-c3ccc(C)cc3)n2)ccc1Cl. The average molecular weight is 414 g/mol. The Bertz CT molecular complexity index is 1020. The van der Waals surface area contributed by atoms with Gasteiger partial charge in [-0.1, -0.05) is 29.3 Å². The molecule has 7 nitrogen and oxygen atoms in total. The molecule has 1 heterocycles. The van der Waals surface area contributed by atoms with E-state index in [1.807, 2.05) is 31.2 Å². The highest BCUT2D eigenvalue weighted by Crippen LogP contribution is 2.21. The van der Waals surface area contributed by atoms with Crippen molar-refractivity contribution in [3.63, 3.8) is 0 Å². The summed E-state index contributed by atoms with van der Waals surface area (Å²) < 4.78 is 10.2. The van der Waals surface area contributed by atoms with Crippen molar-refractivity contribution < 1.29 is 18.7 Å². The van der Waals surface area contributed by atoms with Crippen LogP contribution < -0.4 is 10.6 Å². The fourth-order valence-corrected chi connectivity index (χ4v) is 2.79.